The molecule has 2 rings (SSSR count). The van der Waals surface area contributed by atoms with Gasteiger partial charge in [0.25, 0.3) is 0 Å². The molecule has 0 aliphatic carbocycles. The molecule has 0 aromatic heterocycles. The molecule has 21 heavy (non-hydrogen) atoms. The molecule has 4 heteroatoms. The Balaban J connectivity index is 0.00000220. The van der Waals surface area contributed by atoms with Gasteiger partial charge in [0.05, 0.1) is 14.1 Å². The Morgan fingerprint density at radius 3 is 2.14 bits per heavy atom. The third kappa shape index (κ3) is 5.06. The van der Waals surface area contributed by atoms with Crippen LogP contribution < -0.4 is 17.3 Å². The Labute approximate surface area is 131 Å². The van der Waals surface area contributed by atoms with Crippen LogP contribution in [0, 0.1) is 5.21 Å². The second-order valence-corrected chi connectivity index (χ2v) is 4.79. The lowest BCUT2D eigenvalue weighted by Crippen LogP contribution is -3.00. The van der Waals surface area contributed by atoms with E-state index >= 15 is 0 Å². The molecule has 0 unspecified atom stereocenters. The molecule has 0 bridgehead atoms. The fourth-order valence-corrected chi connectivity index (χ4v) is 1.82. The fourth-order valence-electron chi connectivity index (χ4n) is 1.82. The number of halogens is 1. The Bertz CT molecular complexity index is 604. The van der Waals surface area contributed by atoms with Crippen molar-refractivity contribution in [3.05, 3.63) is 71.4 Å². The maximum absolute atomic E-state index is 11.8. The molecule has 0 radical (unpaired) electrons. The average Bonchev–Trinajstić information content (AvgIpc) is 2.48. The van der Waals surface area contributed by atoms with Crippen LogP contribution in [0.1, 0.15) is 5.56 Å². The van der Waals surface area contributed by atoms with Crippen molar-refractivity contribution < 1.29 is 22.0 Å². The van der Waals surface area contributed by atoms with Crippen molar-refractivity contribution in [2.24, 2.45) is 0 Å². The first kappa shape index (κ1) is 17.0. The quantitative estimate of drug-likeness (QED) is 0.347. The molecule has 2 aromatic rings. The van der Waals surface area contributed by atoms with Crippen LogP contribution in [-0.4, -0.2) is 25.0 Å². The van der Waals surface area contributed by atoms with Crippen LogP contribution >= 0.6 is 0 Å². The van der Waals surface area contributed by atoms with E-state index in [0.29, 0.717) is 5.69 Å². The first-order chi connectivity index (χ1) is 9.66. The van der Waals surface area contributed by atoms with Crippen molar-refractivity contribution in [3.63, 3.8) is 0 Å². The monoisotopic (exact) mass is 302 g/mol. The van der Waals surface area contributed by atoms with E-state index in [1.54, 1.807) is 18.2 Å². The second-order valence-electron chi connectivity index (χ2n) is 4.79. The highest BCUT2D eigenvalue weighted by atomic mass is 35.5. The molecule has 0 amide bonds. The third-order valence-electron chi connectivity index (χ3n) is 3.01. The van der Waals surface area contributed by atoms with Gasteiger partial charge in [-0.2, -0.15) is 4.74 Å². The van der Waals surface area contributed by atoms with Crippen molar-refractivity contribution in [2.45, 2.75) is 0 Å². The third-order valence-corrected chi connectivity index (χ3v) is 3.01. The van der Waals surface area contributed by atoms with Crippen molar-refractivity contribution in [2.75, 3.05) is 14.1 Å². The van der Waals surface area contributed by atoms with Crippen LogP contribution in [0.3, 0.4) is 0 Å². The molecular weight excluding hydrogens is 284 g/mol. The lowest BCUT2D eigenvalue weighted by atomic mass is 10.2. The summed E-state index contributed by atoms with van der Waals surface area (Å²) in [5.41, 5.74) is 2.94. The molecule has 0 heterocycles. The summed E-state index contributed by atoms with van der Waals surface area (Å²) in [5.74, 6) is 0. The Morgan fingerprint density at radius 1 is 0.952 bits per heavy atom. The summed E-state index contributed by atoms with van der Waals surface area (Å²) in [7, 11) is 4.18. The molecule has 0 spiro atoms. The van der Waals surface area contributed by atoms with Crippen molar-refractivity contribution >= 4 is 23.7 Å². The van der Waals surface area contributed by atoms with Gasteiger partial charge in [0, 0.05) is 18.2 Å². The standard InChI is InChI=1S/C17H18N2O.ClH/c1-18(2)16-12-10-15(11-13-16)7-6-14-19(20)17-8-4-3-5-9-17;/h3-14H,1-2H3;1H/b7-6+,19-14-;. The predicted molar refractivity (Wildman–Crippen MR) is 83.7 cm³/mol. The SMILES string of the molecule is C[NH+](C)c1ccc(/C=C/C=[N+](\[O-])c2ccccc2)cc1.[Cl-]. The van der Waals surface area contributed by atoms with E-state index in [2.05, 4.69) is 26.2 Å². The van der Waals surface area contributed by atoms with Gasteiger partial charge >= 0.3 is 0 Å². The van der Waals surface area contributed by atoms with Gasteiger partial charge in [0.15, 0.2) is 6.21 Å². The molecule has 3 nitrogen and oxygen atoms in total. The second kappa shape index (κ2) is 8.25. The number of rotatable bonds is 4. The highest BCUT2D eigenvalue weighted by Crippen LogP contribution is 2.09. The number of nitrogens with one attached hydrogen (secondary N) is 1. The summed E-state index contributed by atoms with van der Waals surface area (Å²) < 4.78 is 0.856. The number of quaternary nitrogens is 1. The maximum Gasteiger partial charge on any atom is 0.216 e. The lowest BCUT2D eigenvalue weighted by molar-refractivity contribution is -0.786. The molecule has 0 saturated heterocycles. The Hall–Kier alpha value is -2.10. The van der Waals surface area contributed by atoms with Crippen LogP contribution in [0.15, 0.2) is 60.7 Å². The number of hydrogen-bond donors (Lipinski definition) is 1. The van der Waals surface area contributed by atoms with Crippen molar-refractivity contribution in [3.8, 4) is 0 Å². The van der Waals surface area contributed by atoms with Crippen LogP contribution in [0.4, 0.5) is 11.4 Å². The van der Waals surface area contributed by atoms with E-state index in [9.17, 15) is 5.21 Å². The number of allylic oxidation sites excluding steroid dienone is 1. The molecule has 1 N–H and O–H groups in total. The van der Waals surface area contributed by atoms with E-state index in [1.807, 2.05) is 36.4 Å². The molecule has 110 valence electrons. The number of nitrogens with zero attached hydrogens (tertiary/aromatic N) is 1. The summed E-state index contributed by atoms with van der Waals surface area (Å²) in [6, 6.07) is 17.4. The van der Waals surface area contributed by atoms with Crippen molar-refractivity contribution in [1.29, 1.82) is 0 Å². The van der Waals surface area contributed by atoms with Crippen LogP contribution in [0.25, 0.3) is 6.08 Å². The summed E-state index contributed by atoms with van der Waals surface area (Å²) in [4.78, 5) is 1.29. The fraction of sp³-hybridized carbons (Fsp3) is 0.118. The lowest BCUT2D eigenvalue weighted by Gasteiger charge is -2.05. The molecule has 0 saturated carbocycles. The van der Waals surface area contributed by atoms with Crippen LogP contribution in [-0.2, 0) is 0 Å². The predicted octanol–water partition coefficient (Wildman–Crippen LogP) is -0.607. The molecule has 0 aliphatic rings. The van der Waals surface area contributed by atoms with Gasteiger partial charge < -0.3 is 22.5 Å². The Morgan fingerprint density at radius 2 is 1.57 bits per heavy atom. The summed E-state index contributed by atoms with van der Waals surface area (Å²) >= 11 is 0. The van der Waals surface area contributed by atoms with E-state index in [-0.39, 0.29) is 12.4 Å². The summed E-state index contributed by atoms with van der Waals surface area (Å²) in [6.07, 6.45) is 5.20. The first-order valence-electron chi connectivity index (χ1n) is 6.60. The van der Waals surface area contributed by atoms with E-state index in [4.69, 9.17) is 0 Å². The first-order valence-corrected chi connectivity index (χ1v) is 6.60. The molecule has 0 aliphatic heterocycles. The van der Waals surface area contributed by atoms with Crippen LogP contribution in [0.5, 0.6) is 0 Å². The zero-order valence-electron chi connectivity index (χ0n) is 12.2. The molecule has 2 aromatic carbocycles. The average molecular weight is 303 g/mol. The van der Waals surface area contributed by atoms with Gasteiger partial charge in [0.1, 0.15) is 5.69 Å². The van der Waals surface area contributed by atoms with Gasteiger partial charge in [-0.15, -0.1) is 0 Å². The molecule has 0 atom stereocenters. The molecular formula is C17H19ClN2O. The van der Waals surface area contributed by atoms with Gasteiger partial charge in [-0.1, -0.05) is 18.2 Å². The largest absolute Gasteiger partial charge is 1.00 e. The van der Waals surface area contributed by atoms with Gasteiger partial charge in [-0.25, -0.2) is 0 Å². The molecule has 0 fully saturated rings. The highest BCUT2D eigenvalue weighted by molar-refractivity contribution is 5.75. The van der Waals surface area contributed by atoms with E-state index in [0.717, 1.165) is 10.3 Å². The Kier molecular flexibility index (Phi) is 6.66. The minimum Gasteiger partial charge on any atom is -1.00 e. The van der Waals surface area contributed by atoms with E-state index in [1.165, 1.54) is 16.8 Å². The number of hydrogen-bond acceptors (Lipinski definition) is 1. The summed E-state index contributed by atoms with van der Waals surface area (Å²) in [6.45, 7) is 0. The zero-order chi connectivity index (χ0) is 14.4. The van der Waals surface area contributed by atoms with Gasteiger partial charge in [0.2, 0.25) is 5.69 Å². The summed E-state index contributed by atoms with van der Waals surface area (Å²) in [5, 5.41) is 11.8. The number of para-hydroxylation sites is 1. The number of benzene rings is 2. The maximum atomic E-state index is 11.8. The van der Waals surface area contributed by atoms with E-state index < -0.39 is 0 Å². The van der Waals surface area contributed by atoms with Gasteiger partial charge in [-0.3, -0.25) is 0 Å². The smallest absolute Gasteiger partial charge is 0.216 e. The van der Waals surface area contributed by atoms with Gasteiger partial charge in [-0.05, 0) is 35.9 Å². The van der Waals surface area contributed by atoms with Crippen LogP contribution in [0.2, 0.25) is 0 Å². The normalized spacial score (nSPS) is 11.7. The van der Waals surface area contributed by atoms with Crippen molar-refractivity contribution in [1.82, 2.24) is 0 Å². The topological polar surface area (TPSA) is 30.5 Å². The zero-order valence-corrected chi connectivity index (χ0v) is 12.9. The minimum absolute atomic E-state index is 0. The minimum atomic E-state index is 0. The highest BCUT2D eigenvalue weighted by Gasteiger charge is 1.98.